The summed E-state index contributed by atoms with van der Waals surface area (Å²) in [7, 11) is 3.46. The van der Waals surface area contributed by atoms with Crippen LogP contribution in [0.5, 0.6) is 17.2 Å². The van der Waals surface area contributed by atoms with Crippen molar-refractivity contribution in [3.05, 3.63) is 123 Å². The lowest BCUT2D eigenvalue weighted by Gasteiger charge is -2.27. The van der Waals surface area contributed by atoms with Gasteiger partial charge in [-0.3, -0.25) is 0 Å². The summed E-state index contributed by atoms with van der Waals surface area (Å²) in [6, 6.07) is 15.0. The fourth-order valence-corrected chi connectivity index (χ4v) is 6.54. The number of methoxy groups -OCH3 is 2. The lowest BCUT2D eigenvalue weighted by molar-refractivity contribution is 0.404. The molecule has 284 valence electrons. The van der Waals surface area contributed by atoms with E-state index in [0.717, 1.165) is 69.7 Å². The molecule has 3 aromatic rings. The van der Waals surface area contributed by atoms with Crippen molar-refractivity contribution in [3.8, 4) is 17.2 Å². The maximum absolute atomic E-state index is 11.0. The minimum Gasteiger partial charge on any atom is -0.515 e. The molecule has 0 spiro atoms. The lowest BCUT2D eigenvalue weighted by Crippen LogP contribution is -2.17. The fraction of sp³-hybridized carbons (Fsp3) is 0.500. The van der Waals surface area contributed by atoms with Gasteiger partial charge in [0.1, 0.15) is 17.2 Å². The van der Waals surface area contributed by atoms with E-state index < -0.39 is 0 Å². The van der Waals surface area contributed by atoms with Crippen LogP contribution in [0.1, 0.15) is 140 Å². The lowest BCUT2D eigenvalue weighted by atomic mass is 9.78. The van der Waals surface area contributed by atoms with Gasteiger partial charge >= 0.3 is 0 Å². The van der Waals surface area contributed by atoms with Gasteiger partial charge in [0.2, 0.25) is 0 Å². The van der Waals surface area contributed by atoms with Crippen molar-refractivity contribution in [2.24, 2.45) is 5.41 Å². The quantitative estimate of drug-likeness (QED) is 0.129. The number of hydrogen-bond acceptors (Lipinski definition) is 4. The smallest absolute Gasteiger partial charge is 0.125 e. The zero-order chi connectivity index (χ0) is 39.2. The number of rotatable bonds is 14. The Morgan fingerprint density at radius 1 is 0.692 bits per heavy atom. The first-order valence-electron chi connectivity index (χ1n) is 19.0. The van der Waals surface area contributed by atoms with Crippen LogP contribution in [0.4, 0.5) is 0 Å². The van der Waals surface area contributed by atoms with Crippen molar-refractivity contribution < 1.29 is 19.7 Å². The van der Waals surface area contributed by atoms with Crippen LogP contribution in [0.25, 0.3) is 0 Å². The first-order chi connectivity index (χ1) is 24.1. The highest BCUT2D eigenvalue weighted by molar-refractivity contribution is 5.53. The van der Waals surface area contributed by atoms with E-state index in [9.17, 15) is 10.2 Å². The van der Waals surface area contributed by atoms with E-state index in [2.05, 4.69) is 139 Å². The standard InChI is InChI=1S/C48H68O4/c1-16-47(10,11)39-21-22-42(50)35(28-39)26-37-30-41(48(12,13)17-2)29-36(44(37)52-15)24-33(31-49)25-38(45(4,5)6)20-18-19-34-27-40(46(7,8)9)23-32(3)43(34)51-14/h18,20-23,25,27-31,49-50H,16-17,19,24,26H2,1-15H3/b20-18+,33-31+,38-25+. The Morgan fingerprint density at radius 3 is 1.79 bits per heavy atom. The van der Waals surface area contributed by atoms with Crippen molar-refractivity contribution >= 4 is 0 Å². The number of phenolic OH excluding ortho intramolecular Hbond substituents is 1. The SMILES string of the molecule is CCC(C)(C)c1ccc(O)c(Cc2cc(C(C)(C)CC)cc(CC(=C\O)/C=C(\C=C\Cc3cc(C(C)(C)C)cc(C)c3OC)C(C)(C)C)c2OC)c1. The van der Waals surface area contributed by atoms with E-state index in [0.29, 0.717) is 12.8 Å². The van der Waals surface area contributed by atoms with Crippen molar-refractivity contribution in [1.29, 1.82) is 0 Å². The molecule has 4 heteroatoms. The number of aliphatic hydroxyl groups excluding tert-OH is 1. The predicted octanol–water partition coefficient (Wildman–Crippen LogP) is 12.7. The molecule has 3 rings (SSSR count). The Balaban J connectivity index is 2.10. The Hall–Kier alpha value is -3.92. The van der Waals surface area contributed by atoms with Gasteiger partial charge in [-0.25, -0.2) is 0 Å². The van der Waals surface area contributed by atoms with Crippen LogP contribution in [-0.4, -0.2) is 24.4 Å². The average Bonchev–Trinajstić information content (AvgIpc) is 3.06. The van der Waals surface area contributed by atoms with Gasteiger partial charge < -0.3 is 19.7 Å². The zero-order valence-corrected chi connectivity index (χ0v) is 35.1. The predicted molar refractivity (Wildman–Crippen MR) is 222 cm³/mol. The largest absolute Gasteiger partial charge is 0.515 e. The molecule has 0 bridgehead atoms. The van der Waals surface area contributed by atoms with E-state index in [4.69, 9.17) is 9.47 Å². The molecule has 0 aliphatic heterocycles. The summed E-state index contributed by atoms with van der Waals surface area (Å²) in [4.78, 5) is 0. The van der Waals surface area contributed by atoms with Gasteiger partial charge in [-0.1, -0.05) is 138 Å². The van der Waals surface area contributed by atoms with Crippen LogP contribution >= 0.6 is 0 Å². The molecule has 0 aliphatic carbocycles. The summed E-state index contributed by atoms with van der Waals surface area (Å²) in [5.74, 6) is 2.01. The van der Waals surface area contributed by atoms with Crippen molar-refractivity contribution in [1.82, 2.24) is 0 Å². The van der Waals surface area contributed by atoms with E-state index in [1.165, 1.54) is 23.0 Å². The third kappa shape index (κ3) is 10.4. The first kappa shape index (κ1) is 42.5. The van der Waals surface area contributed by atoms with Gasteiger partial charge in [-0.05, 0) is 110 Å². The summed E-state index contributed by atoms with van der Waals surface area (Å²) in [6.45, 7) is 28.9. The number of benzene rings is 3. The molecule has 0 saturated carbocycles. The summed E-state index contributed by atoms with van der Waals surface area (Å²) in [5.41, 5.74) is 10.6. The topological polar surface area (TPSA) is 58.9 Å². The number of aliphatic hydroxyl groups is 1. The summed E-state index contributed by atoms with van der Waals surface area (Å²) < 4.78 is 12.0. The molecule has 0 amide bonds. The van der Waals surface area contributed by atoms with Gasteiger partial charge in [-0.15, -0.1) is 0 Å². The molecule has 2 N–H and O–H groups in total. The molecule has 52 heavy (non-hydrogen) atoms. The van der Waals surface area contributed by atoms with Gasteiger partial charge in [0, 0.05) is 12.8 Å². The summed E-state index contributed by atoms with van der Waals surface area (Å²) in [6.07, 6.45) is 11.5. The second-order valence-corrected chi connectivity index (χ2v) is 17.9. The third-order valence-corrected chi connectivity index (χ3v) is 11.1. The fourth-order valence-electron chi connectivity index (χ4n) is 6.54. The van der Waals surface area contributed by atoms with Crippen LogP contribution < -0.4 is 9.47 Å². The maximum atomic E-state index is 11.0. The molecule has 0 saturated heterocycles. The maximum Gasteiger partial charge on any atom is 0.125 e. The molecule has 0 heterocycles. The van der Waals surface area contributed by atoms with E-state index >= 15 is 0 Å². The molecule has 4 nitrogen and oxygen atoms in total. The molecule has 3 aromatic carbocycles. The molecular formula is C48H68O4. The Morgan fingerprint density at radius 2 is 1.25 bits per heavy atom. The highest BCUT2D eigenvalue weighted by Gasteiger charge is 2.25. The number of allylic oxidation sites excluding steroid dienone is 5. The molecule has 0 unspecified atom stereocenters. The third-order valence-electron chi connectivity index (χ3n) is 11.1. The molecule has 0 aromatic heterocycles. The van der Waals surface area contributed by atoms with E-state index in [1.54, 1.807) is 14.2 Å². The highest BCUT2D eigenvalue weighted by atomic mass is 16.5. The van der Waals surface area contributed by atoms with Gasteiger partial charge in [0.25, 0.3) is 0 Å². The minimum absolute atomic E-state index is 0.00240. The zero-order valence-electron chi connectivity index (χ0n) is 35.1. The number of aromatic hydroxyl groups is 1. The molecule has 0 aliphatic rings. The molecular weight excluding hydrogens is 641 g/mol. The van der Waals surface area contributed by atoms with Crippen molar-refractivity contribution in [3.63, 3.8) is 0 Å². The van der Waals surface area contributed by atoms with Gasteiger partial charge in [0.05, 0.1) is 20.5 Å². The van der Waals surface area contributed by atoms with Gasteiger partial charge in [0.15, 0.2) is 0 Å². The second-order valence-electron chi connectivity index (χ2n) is 17.9. The van der Waals surface area contributed by atoms with Gasteiger partial charge in [-0.2, -0.15) is 0 Å². The Bertz CT molecular complexity index is 1780. The van der Waals surface area contributed by atoms with Crippen LogP contribution in [0.15, 0.2) is 78.1 Å². The van der Waals surface area contributed by atoms with Crippen LogP contribution in [-0.2, 0) is 35.5 Å². The molecule has 0 fully saturated rings. The highest BCUT2D eigenvalue weighted by Crippen LogP contribution is 2.39. The van der Waals surface area contributed by atoms with Crippen molar-refractivity contribution in [2.75, 3.05) is 14.2 Å². The van der Waals surface area contributed by atoms with E-state index in [-0.39, 0.29) is 27.4 Å². The number of ether oxygens (including phenoxy) is 2. The summed E-state index contributed by atoms with van der Waals surface area (Å²) in [5, 5.41) is 21.7. The van der Waals surface area contributed by atoms with Crippen molar-refractivity contribution in [2.45, 2.75) is 138 Å². The van der Waals surface area contributed by atoms with E-state index in [1.807, 2.05) is 12.1 Å². The Labute approximate surface area is 316 Å². The minimum atomic E-state index is -0.172. The normalized spacial score (nSPS) is 13.6. The monoisotopic (exact) mass is 709 g/mol. The van der Waals surface area contributed by atoms with Crippen LogP contribution in [0.3, 0.4) is 0 Å². The van der Waals surface area contributed by atoms with Crippen LogP contribution in [0.2, 0.25) is 0 Å². The first-order valence-corrected chi connectivity index (χ1v) is 19.0. The number of hydrogen-bond donors (Lipinski definition) is 2. The molecule has 0 radical (unpaired) electrons. The second kappa shape index (κ2) is 16.8. The number of phenols is 1. The van der Waals surface area contributed by atoms with Crippen LogP contribution in [0, 0.1) is 12.3 Å². The average molecular weight is 709 g/mol. The summed E-state index contributed by atoms with van der Waals surface area (Å²) >= 11 is 0. The Kier molecular flexibility index (Phi) is 13.7. The molecule has 0 atom stereocenters. The number of aryl methyl sites for hydroxylation is 1.